The molecule has 2 amide bonds. The first kappa shape index (κ1) is 24.8. The predicted molar refractivity (Wildman–Crippen MR) is 88.0 cm³/mol. The van der Waals surface area contributed by atoms with Gasteiger partial charge in [-0.1, -0.05) is 0 Å². The lowest BCUT2D eigenvalue weighted by atomic mass is 10.5. The van der Waals surface area contributed by atoms with Crippen LogP contribution in [0.15, 0.2) is 0 Å². The number of nitro groups is 4. The minimum absolute atomic E-state index is 0.380. The number of quaternary nitrogens is 2. The van der Waals surface area contributed by atoms with Gasteiger partial charge in [0.15, 0.2) is 11.4 Å². The summed E-state index contributed by atoms with van der Waals surface area (Å²) < 4.78 is 0. The maximum absolute atomic E-state index is 10.1. The second kappa shape index (κ2) is 10.8. The number of nitrogens with one attached hydrogen (secondary N) is 2. The number of hydrogen-bond acceptors (Lipinski definition) is 13. The third kappa shape index (κ3) is 6.51. The normalized spacial score (nSPS) is 9.13. The van der Waals surface area contributed by atoms with Crippen molar-refractivity contribution in [3.63, 3.8) is 0 Å². The van der Waals surface area contributed by atoms with E-state index in [9.17, 15) is 45.3 Å². The second-order valence-electron chi connectivity index (χ2n) is 4.23. The molecule has 0 saturated heterocycles. The van der Waals surface area contributed by atoms with E-state index in [0.717, 1.165) is 0 Å². The van der Waals surface area contributed by atoms with Gasteiger partial charge in [-0.2, -0.15) is 20.7 Å². The smallest absolute Gasteiger partial charge is 0.417 e. The first-order chi connectivity index (χ1) is 13.9. The largest absolute Gasteiger partial charge is 0.459 e. The number of anilines is 2. The van der Waals surface area contributed by atoms with Crippen LogP contribution in [0.4, 0.5) is 39.4 Å². The molecule has 2 heterocycles. The SMILES string of the molecule is Nc1c([N+](=O)[O-])n[n-]c1[N+](=O)[O-].Nc1c([N+](=O)[O-])n[n-]c1[N+](=O)[O-].[NH3+]NC(=O)N[NH3+]. The van der Waals surface area contributed by atoms with Gasteiger partial charge in [0.2, 0.25) is 11.6 Å². The number of carbonyl (C=O) groups is 1. The average Bonchev–Trinajstić information content (AvgIpc) is 3.25. The van der Waals surface area contributed by atoms with E-state index in [4.69, 9.17) is 11.5 Å². The van der Waals surface area contributed by atoms with E-state index in [-0.39, 0.29) is 6.03 Å². The fourth-order valence-corrected chi connectivity index (χ4v) is 1.21. The van der Waals surface area contributed by atoms with Crippen LogP contribution in [0.2, 0.25) is 0 Å². The standard InChI is InChI=1S/2C3H2N5O4.CH6N4O/c2*4-1-2(7(9)10)5-6-3(1)8(11)12;2-4-1(6)5-3/h2*4H2;2-3H2,(H2,4,5,6)/q2*-1;/p+2. The van der Waals surface area contributed by atoms with E-state index in [1.807, 2.05) is 0 Å². The van der Waals surface area contributed by atoms with Crippen LogP contribution < -0.4 is 44.2 Å². The predicted octanol–water partition coefficient (Wildman–Crippen LogP) is -4.53. The van der Waals surface area contributed by atoms with E-state index in [1.165, 1.54) is 0 Å². The van der Waals surface area contributed by atoms with Crippen LogP contribution in [0.1, 0.15) is 0 Å². The van der Waals surface area contributed by atoms with Gasteiger partial charge in [-0.25, -0.2) is 4.79 Å². The van der Waals surface area contributed by atoms with Gasteiger partial charge in [0.25, 0.3) is 0 Å². The second-order valence-corrected chi connectivity index (χ2v) is 4.23. The van der Waals surface area contributed by atoms with E-state index >= 15 is 0 Å². The number of rotatable bonds is 4. The topological polar surface area (TPSA) is 375 Å². The van der Waals surface area contributed by atoms with Gasteiger partial charge < -0.3 is 51.9 Å². The molecule has 2 aromatic rings. The maximum atomic E-state index is 10.1. The third-order valence-electron chi connectivity index (χ3n) is 2.46. The third-order valence-corrected chi connectivity index (χ3v) is 2.46. The Morgan fingerprint density at radius 3 is 1.17 bits per heavy atom. The highest BCUT2D eigenvalue weighted by Gasteiger charge is 2.23. The summed E-state index contributed by atoms with van der Waals surface area (Å²) in [5.41, 5.74) is 12.9. The number of carbonyl (C=O) groups excluding carboxylic acids is 1. The lowest BCUT2D eigenvalue weighted by molar-refractivity contribution is -0.451. The van der Waals surface area contributed by atoms with Crippen LogP contribution in [0, 0.1) is 40.5 Å². The van der Waals surface area contributed by atoms with Crippen LogP contribution in [-0.2, 0) is 0 Å². The summed E-state index contributed by atoms with van der Waals surface area (Å²) in [5, 5.41) is 51.9. The van der Waals surface area contributed by atoms with Gasteiger partial charge in [-0.05, 0) is 20.0 Å². The van der Waals surface area contributed by atoms with Gasteiger partial charge in [-0.3, -0.25) is 11.7 Å². The maximum Gasteiger partial charge on any atom is 0.417 e. The summed E-state index contributed by atoms with van der Waals surface area (Å²) in [6.07, 6.45) is 0. The Balaban J connectivity index is 0.000000447. The van der Waals surface area contributed by atoms with E-state index in [2.05, 4.69) is 42.9 Å². The summed E-state index contributed by atoms with van der Waals surface area (Å²) in [4.78, 5) is 46.3. The van der Waals surface area contributed by atoms with Crippen LogP contribution in [-0.4, -0.2) is 35.9 Å². The molecule has 30 heavy (non-hydrogen) atoms. The highest BCUT2D eigenvalue weighted by molar-refractivity contribution is 5.70. The molecule has 0 fully saturated rings. The number of hydrogen-bond donors (Lipinski definition) is 6. The molecule has 0 aliphatic rings. The Morgan fingerprint density at radius 1 is 0.767 bits per heavy atom. The van der Waals surface area contributed by atoms with Crippen molar-refractivity contribution in [2.75, 3.05) is 11.5 Å². The highest BCUT2D eigenvalue weighted by Crippen LogP contribution is 2.26. The Bertz CT molecular complexity index is 810. The minimum Gasteiger partial charge on any atom is -0.459 e. The average molecular weight is 436 g/mol. The Kier molecular flexibility index (Phi) is 8.96. The molecule has 0 aliphatic carbocycles. The Labute approximate surface area is 161 Å². The van der Waals surface area contributed by atoms with Crippen molar-refractivity contribution in [2.24, 2.45) is 0 Å². The molecule has 0 aromatic carbocycles. The molecule has 0 atom stereocenters. The van der Waals surface area contributed by atoms with Gasteiger partial charge in [0, 0.05) is 0 Å². The monoisotopic (exact) mass is 436 g/mol. The Morgan fingerprint density at radius 2 is 1.07 bits per heavy atom. The highest BCUT2D eigenvalue weighted by atomic mass is 16.6. The molecule has 0 bridgehead atoms. The van der Waals surface area contributed by atoms with Crippen molar-refractivity contribution < 1.29 is 36.2 Å². The van der Waals surface area contributed by atoms with Gasteiger partial charge in [0.1, 0.15) is 0 Å². The van der Waals surface area contributed by atoms with E-state index in [1.54, 1.807) is 0 Å². The van der Waals surface area contributed by atoms with Crippen molar-refractivity contribution in [1.29, 1.82) is 0 Å². The van der Waals surface area contributed by atoms with Crippen LogP contribution in [0.3, 0.4) is 0 Å². The molecule has 0 unspecified atom stereocenters. The minimum atomic E-state index is -0.935. The molecule has 23 nitrogen and oxygen atoms in total. The molecule has 0 saturated carbocycles. The first-order valence-electron chi connectivity index (χ1n) is 6.64. The van der Waals surface area contributed by atoms with E-state index < -0.39 is 54.3 Å². The Hall–Kier alpha value is -5.19. The van der Waals surface area contributed by atoms with Crippen LogP contribution >= 0.6 is 0 Å². The molecule has 2 aromatic heterocycles. The molecular formula is C7H12N14O9. The van der Waals surface area contributed by atoms with Gasteiger partial charge >= 0.3 is 17.7 Å². The molecule has 2 rings (SSSR count). The molecule has 12 N–H and O–H groups in total. The summed E-state index contributed by atoms with van der Waals surface area (Å²) in [7, 11) is 0. The van der Waals surface area contributed by atoms with Crippen LogP contribution in [0.5, 0.6) is 0 Å². The number of nitrogen functional groups attached to an aromatic ring is 2. The van der Waals surface area contributed by atoms with Gasteiger partial charge in [0.05, 0.1) is 10.2 Å². The molecule has 0 spiro atoms. The molecule has 164 valence electrons. The van der Waals surface area contributed by atoms with Crippen molar-refractivity contribution in [2.45, 2.75) is 0 Å². The number of urea groups is 1. The number of nitrogens with two attached hydrogens (primary N) is 2. The van der Waals surface area contributed by atoms with E-state index in [0.29, 0.717) is 0 Å². The summed E-state index contributed by atoms with van der Waals surface area (Å²) in [6, 6.07) is -0.380. The first-order valence-corrected chi connectivity index (χ1v) is 6.64. The van der Waals surface area contributed by atoms with Crippen LogP contribution in [0.25, 0.3) is 0 Å². The zero-order valence-corrected chi connectivity index (χ0v) is 14.3. The van der Waals surface area contributed by atoms with Gasteiger partial charge in [-0.15, -0.1) is 0 Å². The lowest BCUT2D eigenvalue weighted by Crippen LogP contribution is -2.77. The summed E-state index contributed by atoms with van der Waals surface area (Å²) in [6.45, 7) is 0. The molecule has 0 radical (unpaired) electrons. The summed E-state index contributed by atoms with van der Waals surface area (Å²) in [5.74, 6) is 2.95. The van der Waals surface area contributed by atoms with Crippen molar-refractivity contribution >= 4 is 40.7 Å². The van der Waals surface area contributed by atoms with Crippen molar-refractivity contribution in [3.8, 4) is 0 Å². The molecule has 0 aliphatic heterocycles. The van der Waals surface area contributed by atoms with Crippen molar-refractivity contribution in [3.05, 3.63) is 40.5 Å². The molecular weight excluding hydrogens is 424 g/mol. The fourth-order valence-electron chi connectivity index (χ4n) is 1.21. The molecule has 23 heteroatoms. The zero-order valence-electron chi connectivity index (χ0n) is 14.3. The quantitative estimate of drug-likeness (QED) is 0.194. The zero-order chi connectivity index (χ0) is 23.6. The fraction of sp³-hybridized carbons (Fsp3) is 0. The number of aromatic nitrogens is 4. The lowest BCUT2D eigenvalue weighted by Gasteiger charge is -1.98. The number of amides is 2. The summed E-state index contributed by atoms with van der Waals surface area (Å²) >= 11 is 0. The number of nitrogens with zero attached hydrogens (tertiary/aromatic N) is 8. The van der Waals surface area contributed by atoms with Crippen molar-refractivity contribution in [1.82, 2.24) is 31.2 Å².